The summed E-state index contributed by atoms with van der Waals surface area (Å²) in [6.45, 7) is 4.95. The number of aryl methyl sites for hydroxylation is 1. The highest BCUT2D eigenvalue weighted by Crippen LogP contribution is 2.29. The number of hydrogen-bond acceptors (Lipinski definition) is 3. The molecule has 1 saturated heterocycles. The van der Waals surface area contributed by atoms with Gasteiger partial charge in [0, 0.05) is 32.7 Å². The number of benzene rings is 3. The quantitative estimate of drug-likeness (QED) is 0.521. The molecule has 0 unspecified atom stereocenters. The Morgan fingerprint density at radius 1 is 0.750 bits per heavy atom. The van der Waals surface area contributed by atoms with Crippen LogP contribution in [0.2, 0.25) is 0 Å². The molecule has 3 aromatic carbocycles. The Kier molecular flexibility index (Phi) is 8.07. The van der Waals surface area contributed by atoms with Crippen LogP contribution in [0.5, 0.6) is 0 Å². The summed E-state index contributed by atoms with van der Waals surface area (Å²) in [5.41, 5.74) is 3.97. The molecule has 1 fully saturated rings. The first kappa shape index (κ1) is 22.3. The first-order valence-electron chi connectivity index (χ1n) is 11.7. The average molecular weight is 428 g/mol. The van der Waals surface area contributed by atoms with Gasteiger partial charge < -0.3 is 5.32 Å². The van der Waals surface area contributed by atoms with Gasteiger partial charge in [-0.15, -0.1) is 0 Å². The van der Waals surface area contributed by atoms with E-state index in [0.717, 1.165) is 45.6 Å². The largest absolute Gasteiger partial charge is 0.355 e. The molecule has 166 valence electrons. The van der Waals surface area contributed by atoms with Crippen LogP contribution in [0.4, 0.5) is 0 Å². The van der Waals surface area contributed by atoms with E-state index >= 15 is 0 Å². The minimum absolute atomic E-state index is 0.134. The number of nitrogens with zero attached hydrogens (tertiary/aromatic N) is 2. The molecule has 3 aromatic rings. The van der Waals surface area contributed by atoms with Crippen molar-refractivity contribution in [1.29, 1.82) is 0 Å². The zero-order valence-corrected chi connectivity index (χ0v) is 18.7. The molecule has 0 atom stereocenters. The van der Waals surface area contributed by atoms with Crippen molar-refractivity contribution in [2.75, 3.05) is 39.3 Å². The van der Waals surface area contributed by atoms with Gasteiger partial charge in [0.05, 0.1) is 12.6 Å². The predicted octanol–water partition coefficient (Wildman–Crippen LogP) is 4.14. The standard InChI is InChI=1S/C28H33N3O/c32-27(29-18-10-13-24-11-4-1-5-12-24)23-30-19-21-31(22-20-30)28(25-14-6-2-7-15-25)26-16-8-3-9-17-26/h1-9,11-12,14-17,28H,10,13,18-23H2,(H,29,32). The molecule has 1 heterocycles. The molecule has 1 aliphatic rings. The zero-order valence-electron chi connectivity index (χ0n) is 18.7. The first-order valence-corrected chi connectivity index (χ1v) is 11.7. The van der Waals surface area contributed by atoms with Gasteiger partial charge in [0.2, 0.25) is 5.91 Å². The lowest BCUT2D eigenvalue weighted by molar-refractivity contribution is -0.122. The van der Waals surface area contributed by atoms with Crippen LogP contribution < -0.4 is 5.32 Å². The van der Waals surface area contributed by atoms with Gasteiger partial charge in [-0.25, -0.2) is 0 Å². The summed E-state index contributed by atoms with van der Waals surface area (Å²) >= 11 is 0. The fourth-order valence-electron chi connectivity index (χ4n) is 4.49. The van der Waals surface area contributed by atoms with Gasteiger partial charge in [-0.3, -0.25) is 14.6 Å². The van der Waals surface area contributed by atoms with E-state index < -0.39 is 0 Å². The highest BCUT2D eigenvalue weighted by molar-refractivity contribution is 5.78. The van der Waals surface area contributed by atoms with Crippen molar-refractivity contribution < 1.29 is 4.79 Å². The van der Waals surface area contributed by atoms with Gasteiger partial charge in [-0.05, 0) is 29.5 Å². The topological polar surface area (TPSA) is 35.6 Å². The molecule has 1 amide bonds. The van der Waals surface area contributed by atoms with Crippen LogP contribution in [0.1, 0.15) is 29.2 Å². The molecule has 4 heteroatoms. The first-order chi connectivity index (χ1) is 15.8. The zero-order chi connectivity index (χ0) is 22.0. The number of hydrogen-bond donors (Lipinski definition) is 1. The maximum Gasteiger partial charge on any atom is 0.234 e. The fourth-order valence-corrected chi connectivity index (χ4v) is 4.49. The minimum atomic E-state index is 0.134. The van der Waals surface area contributed by atoms with Crippen molar-refractivity contribution in [2.24, 2.45) is 0 Å². The molecular formula is C28H33N3O. The summed E-state index contributed by atoms with van der Waals surface area (Å²) in [7, 11) is 0. The third-order valence-electron chi connectivity index (χ3n) is 6.18. The Bertz CT molecular complexity index is 899. The summed E-state index contributed by atoms with van der Waals surface area (Å²) < 4.78 is 0. The smallest absolute Gasteiger partial charge is 0.234 e. The maximum absolute atomic E-state index is 12.4. The summed E-state index contributed by atoms with van der Waals surface area (Å²) in [5, 5.41) is 3.09. The average Bonchev–Trinajstić information content (AvgIpc) is 2.85. The molecule has 1 N–H and O–H groups in total. The molecule has 32 heavy (non-hydrogen) atoms. The Balaban J connectivity index is 1.25. The molecule has 4 rings (SSSR count). The van der Waals surface area contributed by atoms with E-state index in [2.05, 4.69) is 100 Å². The summed E-state index contributed by atoms with van der Waals surface area (Å²) in [4.78, 5) is 17.2. The van der Waals surface area contributed by atoms with Crippen LogP contribution in [-0.4, -0.2) is 55.0 Å². The van der Waals surface area contributed by atoms with E-state index in [1.165, 1.54) is 16.7 Å². The van der Waals surface area contributed by atoms with Crippen molar-refractivity contribution >= 4 is 5.91 Å². The van der Waals surface area contributed by atoms with Crippen molar-refractivity contribution in [3.63, 3.8) is 0 Å². The Hall–Kier alpha value is -2.95. The van der Waals surface area contributed by atoms with Gasteiger partial charge in [0.25, 0.3) is 0 Å². The summed E-state index contributed by atoms with van der Waals surface area (Å²) in [6.07, 6.45) is 1.97. The lowest BCUT2D eigenvalue weighted by atomic mass is 9.96. The van der Waals surface area contributed by atoms with Crippen LogP contribution in [0.25, 0.3) is 0 Å². The fraction of sp³-hybridized carbons (Fsp3) is 0.321. The normalized spacial score (nSPS) is 15.0. The second-order valence-electron chi connectivity index (χ2n) is 8.48. The molecule has 0 radical (unpaired) electrons. The Labute approximate surface area is 191 Å². The van der Waals surface area contributed by atoms with E-state index in [1.807, 2.05) is 6.07 Å². The van der Waals surface area contributed by atoms with E-state index in [1.54, 1.807) is 0 Å². The number of piperazine rings is 1. The molecule has 0 aromatic heterocycles. The lowest BCUT2D eigenvalue weighted by Gasteiger charge is -2.39. The van der Waals surface area contributed by atoms with Gasteiger partial charge in [0.15, 0.2) is 0 Å². The van der Waals surface area contributed by atoms with Crippen LogP contribution in [0.15, 0.2) is 91.0 Å². The van der Waals surface area contributed by atoms with Crippen LogP contribution >= 0.6 is 0 Å². The molecule has 0 saturated carbocycles. The van der Waals surface area contributed by atoms with Gasteiger partial charge in [-0.2, -0.15) is 0 Å². The SMILES string of the molecule is O=C(CN1CCN(C(c2ccccc2)c2ccccc2)CC1)NCCCc1ccccc1. The molecule has 1 aliphatic heterocycles. The van der Waals surface area contributed by atoms with E-state index in [-0.39, 0.29) is 11.9 Å². The van der Waals surface area contributed by atoms with Crippen LogP contribution in [0, 0.1) is 0 Å². The van der Waals surface area contributed by atoms with Crippen LogP contribution in [-0.2, 0) is 11.2 Å². The second-order valence-corrected chi connectivity index (χ2v) is 8.48. The van der Waals surface area contributed by atoms with Gasteiger partial charge in [0.1, 0.15) is 0 Å². The molecule has 4 nitrogen and oxygen atoms in total. The van der Waals surface area contributed by atoms with Crippen molar-refractivity contribution in [3.05, 3.63) is 108 Å². The molecule has 0 aliphatic carbocycles. The Morgan fingerprint density at radius 2 is 1.28 bits per heavy atom. The third-order valence-corrected chi connectivity index (χ3v) is 6.18. The Morgan fingerprint density at radius 3 is 1.84 bits per heavy atom. The number of carbonyl (C=O) groups is 1. The lowest BCUT2D eigenvalue weighted by Crippen LogP contribution is -2.50. The molecule has 0 spiro atoms. The second kappa shape index (κ2) is 11.6. The summed E-state index contributed by atoms with van der Waals surface area (Å²) in [5.74, 6) is 0.134. The van der Waals surface area contributed by atoms with Crippen molar-refractivity contribution in [1.82, 2.24) is 15.1 Å². The summed E-state index contributed by atoms with van der Waals surface area (Å²) in [6, 6.07) is 32.2. The predicted molar refractivity (Wildman–Crippen MR) is 131 cm³/mol. The van der Waals surface area contributed by atoms with Crippen molar-refractivity contribution in [3.8, 4) is 0 Å². The highest BCUT2D eigenvalue weighted by Gasteiger charge is 2.26. The monoisotopic (exact) mass is 427 g/mol. The minimum Gasteiger partial charge on any atom is -0.355 e. The maximum atomic E-state index is 12.4. The number of rotatable bonds is 9. The van der Waals surface area contributed by atoms with E-state index in [9.17, 15) is 4.79 Å². The highest BCUT2D eigenvalue weighted by atomic mass is 16.2. The molecule has 0 bridgehead atoms. The number of nitrogens with one attached hydrogen (secondary N) is 1. The van der Waals surface area contributed by atoms with Gasteiger partial charge in [-0.1, -0.05) is 91.0 Å². The van der Waals surface area contributed by atoms with E-state index in [4.69, 9.17) is 0 Å². The van der Waals surface area contributed by atoms with Crippen LogP contribution in [0.3, 0.4) is 0 Å². The third kappa shape index (κ3) is 6.28. The van der Waals surface area contributed by atoms with Crippen molar-refractivity contribution in [2.45, 2.75) is 18.9 Å². The van der Waals surface area contributed by atoms with E-state index in [0.29, 0.717) is 6.54 Å². The molecular weight excluding hydrogens is 394 g/mol. The number of carbonyl (C=O) groups excluding carboxylic acids is 1. The van der Waals surface area contributed by atoms with Gasteiger partial charge >= 0.3 is 0 Å². The number of amides is 1.